The Kier molecular flexibility index (Phi) is 6.42. The van der Waals surface area contributed by atoms with E-state index in [0.29, 0.717) is 12.4 Å². The number of benzene rings is 7. The van der Waals surface area contributed by atoms with Gasteiger partial charge in [0.15, 0.2) is 0 Å². The predicted octanol–water partition coefficient (Wildman–Crippen LogP) is 11.3. The molecule has 0 unspecified atom stereocenters. The lowest BCUT2D eigenvalue weighted by Gasteiger charge is -2.13. The Morgan fingerprint density at radius 1 is 0.519 bits per heavy atom. The van der Waals surface area contributed by atoms with Crippen LogP contribution in [0.25, 0.3) is 97.8 Å². The predicted molar refractivity (Wildman–Crippen MR) is 213 cm³/mol. The summed E-state index contributed by atoms with van der Waals surface area (Å²) < 4.78 is 10.8. The molecule has 6 heteroatoms. The van der Waals surface area contributed by atoms with Gasteiger partial charge in [0.2, 0.25) is 0 Å². The van der Waals surface area contributed by atoms with Crippen LogP contribution in [0.1, 0.15) is 5.56 Å². The number of hydrogen-bond acceptors (Lipinski definition) is 4. The van der Waals surface area contributed by atoms with Gasteiger partial charge in [0.1, 0.15) is 23.5 Å². The van der Waals surface area contributed by atoms with Crippen LogP contribution >= 0.6 is 11.3 Å². The van der Waals surface area contributed by atoms with E-state index in [-0.39, 0.29) is 0 Å². The summed E-state index contributed by atoms with van der Waals surface area (Å²) in [6.45, 7) is 0.583. The van der Waals surface area contributed by atoms with Crippen LogP contribution in [0.3, 0.4) is 0 Å². The van der Waals surface area contributed by atoms with Crippen LogP contribution < -0.4 is 9.78 Å². The van der Waals surface area contributed by atoms with Gasteiger partial charge in [0.05, 0.1) is 11.2 Å². The minimum Gasteiger partial charge on any atom is -0.456 e. The first-order valence-corrected chi connectivity index (χ1v) is 18.2. The molecule has 0 bridgehead atoms. The van der Waals surface area contributed by atoms with Crippen molar-refractivity contribution >= 4 is 75.1 Å². The summed E-state index contributed by atoms with van der Waals surface area (Å²) in [4.78, 5) is 10.6. The summed E-state index contributed by atoms with van der Waals surface area (Å²) in [7, 11) is 0. The fourth-order valence-electron chi connectivity index (χ4n) is 7.67. The van der Waals surface area contributed by atoms with Crippen LogP contribution in [-0.4, -0.2) is 9.97 Å². The highest BCUT2D eigenvalue weighted by atomic mass is 32.1. The summed E-state index contributed by atoms with van der Waals surface area (Å²) >= 11 is 1.84. The number of hydrogen-bond donors (Lipinski definition) is 0. The zero-order valence-electron chi connectivity index (χ0n) is 27.8. The average molecular weight is 685 g/mol. The molecular formula is C46H28N4OS. The molecule has 0 N–H and O–H groups in total. The van der Waals surface area contributed by atoms with E-state index in [1.54, 1.807) is 0 Å². The number of furan rings is 1. The molecule has 0 fully saturated rings. The van der Waals surface area contributed by atoms with Gasteiger partial charge in [-0.1, -0.05) is 109 Å². The lowest BCUT2D eigenvalue weighted by molar-refractivity contribution is -0.737. The van der Waals surface area contributed by atoms with E-state index in [1.165, 1.54) is 25.6 Å². The average Bonchev–Trinajstić information content (AvgIpc) is 3.91. The fraction of sp³-hybridized carbons (Fsp3) is 0.0217. The number of aromatic nitrogens is 4. The van der Waals surface area contributed by atoms with Gasteiger partial charge in [0, 0.05) is 58.2 Å². The van der Waals surface area contributed by atoms with Crippen molar-refractivity contribution in [2.45, 2.75) is 6.54 Å². The smallest absolute Gasteiger partial charge is 0.136 e. The molecule has 52 heavy (non-hydrogen) atoms. The second kappa shape index (κ2) is 11.5. The van der Waals surface area contributed by atoms with E-state index < -0.39 is 0 Å². The Morgan fingerprint density at radius 2 is 1.25 bits per heavy atom. The third-order valence-corrected chi connectivity index (χ3v) is 11.2. The van der Waals surface area contributed by atoms with Crippen molar-refractivity contribution in [3.05, 3.63) is 163 Å². The molecule has 0 radical (unpaired) electrons. The van der Waals surface area contributed by atoms with Crippen molar-refractivity contribution in [1.29, 1.82) is 0 Å². The first-order valence-electron chi connectivity index (χ1n) is 17.4. The maximum Gasteiger partial charge on any atom is 0.136 e. The van der Waals surface area contributed by atoms with E-state index >= 15 is 0 Å². The van der Waals surface area contributed by atoms with Crippen molar-refractivity contribution in [2.75, 3.05) is 0 Å². The number of pyridine rings is 1. The topological polar surface area (TPSA) is 56.9 Å². The Hall–Kier alpha value is -6.63. The lowest BCUT2D eigenvalue weighted by atomic mass is 9.95. The second-order valence-electron chi connectivity index (χ2n) is 13.2. The molecule has 244 valence electrons. The third-order valence-electron chi connectivity index (χ3n) is 10.1. The van der Waals surface area contributed by atoms with Crippen molar-refractivity contribution in [2.24, 2.45) is 0 Å². The first kappa shape index (κ1) is 29.1. The monoisotopic (exact) mass is 684 g/mol. The van der Waals surface area contributed by atoms with Gasteiger partial charge in [0.25, 0.3) is 0 Å². The molecule has 4 aromatic heterocycles. The van der Waals surface area contributed by atoms with Crippen molar-refractivity contribution in [1.82, 2.24) is 15.1 Å². The summed E-state index contributed by atoms with van der Waals surface area (Å²) in [5.74, 6) is 1.45. The van der Waals surface area contributed by atoms with Gasteiger partial charge >= 0.3 is 0 Å². The molecule has 0 spiro atoms. The van der Waals surface area contributed by atoms with Gasteiger partial charge in [-0.25, -0.2) is 4.98 Å². The Balaban J connectivity index is 1.16. The molecule has 0 saturated carbocycles. The summed E-state index contributed by atoms with van der Waals surface area (Å²) in [6.07, 6.45) is 0. The Bertz CT molecular complexity index is 3160. The van der Waals surface area contributed by atoms with Gasteiger partial charge in [-0.3, -0.25) is 9.78 Å². The summed E-state index contributed by atoms with van der Waals surface area (Å²) in [6, 6.07) is 55.1. The third kappa shape index (κ3) is 4.58. The van der Waals surface area contributed by atoms with E-state index in [0.717, 1.165) is 72.0 Å². The van der Waals surface area contributed by atoms with Crippen LogP contribution in [-0.2, 0) is 6.54 Å². The number of thiophene rings is 1. The lowest BCUT2D eigenvalue weighted by Crippen LogP contribution is -2.40. The zero-order chi connectivity index (χ0) is 34.2. The quantitative estimate of drug-likeness (QED) is 0.134. The molecule has 7 aromatic carbocycles. The van der Waals surface area contributed by atoms with Crippen molar-refractivity contribution in [3.63, 3.8) is 0 Å². The molecule has 5 nitrogen and oxygen atoms in total. The van der Waals surface area contributed by atoms with Crippen LogP contribution in [0.5, 0.6) is 0 Å². The maximum absolute atomic E-state index is 6.25. The van der Waals surface area contributed by atoms with Gasteiger partial charge < -0.3 is 9.40 Å². The largest absolute Gasteiger partial charge is 0.456 e. The molecule has 4 heterocycles. The van der Waals surface area contributed by atoms with Gasteiger partial charge in [-0.2, -0.15) is 0 Å². The molecule has 0 aliphatic heterocycles. The molecule has 0 saturated heterocycles. The molecule has 0 aliphatic carbocycles. The number of nitrogens with zero attached hydrogens (tertiary/aromatic N) is 4. The van der Waals surface area contributed by atoms with Crippen LogP contribution in [0.4, 0.5) is 0 Å². The van der Waals surface area contributed by atoms with Crippen LogP contribution in [0, 0.1) is 0 Å². The minimum absolute atomic E-state index is 0.583. The Labute approximate surface area is 302 Å². The molecule has 0 amide bonds. The molecule has 0 atom stereocenters. The Morgan fingerprint density at radius 3 is 2.13 bits per heavy atom. The normalized spacial score (nSPS) is 11.9. The first-order chi connectivity index (χ1) is 25.7. The van der Waals surface area contributed by atoms with E-state index in [2.05, 4.69) is 133 Å². The zero-order valence-corrected chi connectivity index (χ0v) is 28.6. The summed E-state index contributed by atoms with van der Waals surface area (Å²) in [5.41, 5.74) is 7.78. The van der Waals surface area contributed by atoms with Crippen LogP contribution in [0.2, 0.25) is 0 Å². The highest BCUT2D eigenvalue weighted by Crippen LogP contribution is 2.44. The standard InChI is InChI=1S/C46H28N4OS/c1-3-11-28(12-4-1)27-50-46(48-45(49-50)30-19-21-33-32-15-7-9-17-38(32)51-39(33)26-30)31-20-23-37-36(25-31)42-35(44(47-37)29-13-5-2-6-14-29)22-24-41-43(42)34-16-8-10-18-40(34)52-41/h1-26H,27H2. The van der Waals surface area contributed by atoms with Crippen LogP contribution in [0.15, 0.2) is 162 Å². The fourth-order valence-corrected chi connectivity index (χ4v) is 8.79. The number of para-hydroxylation sites is 1. The minimum atomic E-state index is 0.583. The maximum atomic E-state index is 6.25. The van der Waals surface area contributed by atoms with Crippen molar-refractivity contribution < 1.29 is 9.10 Å². The molecular weight excluding hydrogens is 657 g/mol. The van der Waals surface area contributed by atoms with E-state index in [9.17, 15) is 0 Å². The highest BCUT2D eigenvalue weighted by molar-refractivity contribution is 7.26. The SMILES string of the molecule is c1ccc(C[n+]2[n-]c(-c3ccc4c(c3)oc3ccccc34)nc2-c2ccc3nc(-c4ccccc4)c4ccc5sc6ccccc6c5c4c3c2)cc1. The van der Waals surface area contributed by atoms with Gasteiger partial charge in [-0.15, -0.1) is 11.3 Å². The number of fused-ring (bicyclic) bond motifs is 10. The van der Waals surface area contributed by atoms with Gasteiger partial charge in [-0.05, 0) is 65.5 Å². The second-order valence-corrected chi connectivity index (χ2v) is 14.3. The van der Waals surface area contributed by atoms with E-state index in [1.807, 2.05) is 40.3 Å². The molecule has 11 aromatic rings. The van der Waals surface area contributed by atoms with E-state index in [4.69, 9.17) is 19.5 Å². The highest BCUT2D eigenvalue weighted by Gasteiger charge is 2.18. The molecule has 0 aliphatic rings. The van der Waals surface area contributed by atoms with Crippen molar-refractivity contribution in [3.8, 4) is 34.0 Å². The number of rotatable bonds is 5. The summed E-state index contributed by atoms with van der Waals surface area (Å²) in [5, 5.41) is 13.3. The molecule has 11 rings (SSSR count).